The molecule has 1 aromatic carbocycles. The standard InChI is InChI=1S/C20H17N3O4S/c1-11-8-12(27-13-5-7-26-10-13)2-3-14(11)23-15-4-6-21-19-17(15)18(22-20(23)25)16(9-24)28-19/h2-4,6,8-9,13H,5,7,10H2,1H3,(H,22,25). The number of amides is 2. The number of benzene rings is 1. The van der Waals surface area contributed by atoms with Crippen molar-refractivity contribution >= 4 is 50.9 Å². The molecule has 2 aliphatic heterocycles. The van der Waals surface area contributed by atoms with Crippen molar-refractivity contribution in [1.82, 2.24) is 4.98 Å². The van der Waals surface area contributed by atoms with Crippen molar-refractivity contribution in [1.29, 1.82) is 0 Å². The average Bonchev–Trinajstić information content (AvgIpc) is 3.32. The van der Waals surface area contributed by atoms with Crippen molar-refractivity contribution in [3.63, 3.8) is 0 Å². The van der Waals surface area contributed by atoms with Gasteiger partial charge < -0.3 is 14.8 Å². The molecule has 1 saturated heterocycles. The Hall–Kier alpha value is -2.97. The van der Waals surface area contributed by atoms with Gasteiger partial charge in [-0.3, -0.25) is 9.69 Å². The van der Waals surface area contributed by atoms with Gasteiger partial charge in [-0.05, 0) is 36.8 Å². The van der Waals surface area contributed by atoms with Gasteiger partial charge in [0.25, 0.3) is 0 Å². The van der Waals surface area contributed by atoms with Crippen molar-refractivity contribution in [2.45, 2.75) is 19.4 Å². The molecule has 8 heteroatoms. The first-order chi connectivity index (χ1) is 13.7. The molecule has 28 heavy (non-hydrogen) atoms. The molecule has 3 aromatic rings. The largest absolute Gasteiger partial charge is 0.488 e. The Balaban J connectivity index is 1.57. The minimum atomic E-state index is -0.303. The van der Waals surface area contributed by atoms with Gasteiger partial charge in [-0.15, -0.1) is 11.3 Å². The summed E-state index contributed by atoms with van der Waals surface area (Å²) in [6, 6.07) is 7.17. The molecule has 1 fully saturated rings. The fourth-order valence-corrected chi connectivity index (χ4v) is 4.61. The Kier molecular flexibility index (Phi) is 4.03. The van der Waals surface area contributed by atoms with E-state index < -0.39 is 0 Å². The van der Waals surface area contributed by atoms with E-state index in [1.165, 1.54) is 11.3 Å². The second-order valence-electron chi connectivity index (χ2n) is 6.79. The van der Waals surface area contributed by atoms with Crippen molar-refractivity contribution in [2.24, 2.45) is 0 Å². The van der Waals surface area contributed by atoms with Gasteiger partial charge in [0.2, 0.25) is 0 Å². The zero-order valence-corrected chi connectivity index (χ0v) is 15.9. The number of aryl methyl sites for hydroxylation is 1. The lowest BCUT2D eigenvalue weighted by molar-refractivity contribution is 0.112. The van der Waals surface area contributed by atoms with Crippen molar-refractivity contribution < 1.29 is 19.1 Å². The van der Waals surface area contributed by atoms with Gasteiger partial charge in [-0.1, -0.05) is 0 Å². The number of aldehydes is 1. The highest BCUT2D eigenvalue weighted by atomic mass is 32.1. The molecule has 1 N–H and O–H groups in total. The highest BCUT2D eigenvalue weighted by molar-refractivity contribution is 7.21. The van der Waals surface area contributed by atoms with Gasteiger partial charge in [0.15, 0.2) is 6.29 Å². The zero-order chi connectivity index (χ0) is 19.3. The monoisotopic (exact) mass is 395 g/mol. The van der Waals surface area contributed by atoms with Crippen LogP contribution in [0.4, 0.5) is 21.9 Å². The maximum absolute atomic E-state index is 12.9. The van der Waals surface area contributed by atoms with Crippen molar-refractivity contribution in [2.75, 3.05) is 23.4 Å². The molecular weight excluding hydrogens is 378 g/mol. The quantitative estimate of drug-likeness (QED) is 0.668. The number of urea groups is 1. The molecule has 1 atom stereocenters. The first kappa shape index (κ1) is 17.2. The molecule has 0 aliphatic carbocycles. The Morgan fingerprint density at radius 1 is 1.36 bits per heavy atom. The Morgan fingerprint density at radius 3 is 3.00 bits per heavy atom. The zero-order valence-electron chi connectivity index (χ0n) is 15.1. The van der Waals surface area contributed by atoms with Crippen LogP contribution in [0.15, 0.2) is 30.5 Å². The summed E-state index contributed by atoms with van der Waals surface area (Å²) in [7, 11) is 0. The summed E-state index contributed by atoms with van der Waals surface area (Å²) in [5, 5.41) is 3.64. The summed E-state index contributed by atoms with van der Waals surface area (Å²) in [5.41, 5.74) is 2.92. The molecule has 142 valence electrons. The molecule has 2 aromatic heterocycles. The van der Waals surface area contributed by atoms with Crippen LogP contribution in [0, 0.1) is 6.92 Å². The summed E-state index contributed by atoms with van der Waals surface area (Å²) in [6.45, 7) is 3.27. The first-order valence-electron chi connectivity index (χ1n) is 8.98. The fraction of sp³-hybridized carbons (Fsp3) is 0.250. The molecular formula is C20H17N3O4S. The second-order valence-corrected chi connectivity index (χ2v) is 7.82. The van der Waals surface area contributed by atoms with E-state index in [1.54, 1.807) is 17.2 Å². The normalized spacial score (nSPS) is 18.4. The number of hydrogen-bond acceptors (Lipinski definition) is 6. The van der Waals surface area contributed by atoms with Crippen LogP contribution in [0.2, 0.25) is 0 Å². The second kappa shape index (κ2) is 6.57. The molecule has 0 radical (unpaired) electrons. The van der Waals surface area contributed by atoms with E-state index >= 15 is 0 Å². The van der Waals surface area contributed by atoms with Crippen LogP contribution in [0.3, 0.4) is 0 Å². The van der Waals surface area contributed by atoms with Crippen LogP contribution < -0.4 is 15.0 Å². The minimum absolute atomic E-state index is 0.0680. The number of ether oxygens (including phenoxy) is 2. The highest BCUT2D eigenvalue weighted by Gasteiger charge is 2.31. The van der Waals surface area contributed by atoms with E-state index in [0.29, 0.717) is 22.9 Å². The van der Waals surface area contributed by atoms with Crippen LogP contribution in [0.25, 0.3) is 10.2 Å². The lowest BCUT2D eigenvalue weighted by Crippen LogP contribution is -2.34. The number of nitrogens with zero attached hydrogens (tertiary/aromatic N) is 2. The number of aromatic nitrogens is 1. The number of thiophene rings is 1. The molecule has 4 heterocycles. The number of anilines is 3. The third kappa shape index (κ3) is 2.64. The van der Waals surface area contributed by atoms with Gasteiger partial charge in [0, 0.05) is 12.6 Å². The van der Waals surface area contributed by atoms with Crippen molar-refractivity contribution in [3.05, 3.63) is 40.9 Å². The van der Waals surface area contributed by atoms with E-state index in [9.17, 15) is 9.59 Å². The van der Waals surface area contributed by atoms with Crippen LogP contribution in [0.5, 0.6) is 5.75 Å². The van der Waals surface area contributed by atoms with Gasteiger partial charge in [-0.2, -0.15) is 0 Å². The molecule has 0 bridgehead atoms. The predicted octanol–water partition coefficient (Wildman–Crippen LogP) is 4.27. The van der Waals surface area contributed by atoms with Gasteiger partial charge in [-0.25, -0.2) is 9.78 Å². The Morgan fingerprint density at radius 2 is 2.25 bits per heavy atom. The van der Waals surface area contributed by atoms with E-state index in [4.69, 9.17) is 9.47 Å². The summed E-state index contributed by atoms with van der Waals surface area (Å²) in [6.07, 6.45) is 3.36. The summed E-state index contributed by atoms with van der Waals surface area (Å²) in [4.78, 5) is 31.5. The van der Waals surface area contributed by atoms with E-state index in [2.05, 4.69) is 10.3 Å². The highest BCUT2D eigenvalue weighted by Crippen LogP contribution is 2.45. The van der Waals surface area contributed by atoms with Gasteiger partial charge in [0.1, 0.15) is 16.7 Å². The van der Waals surface area contributed by atoms with Crippen LogP contribution in [-0.4, -0.2) is 36.6 Å². The van der Waals surface area contributed by atoms with Crippen LogP contribution >= 0.6 is 11.3 Å². The number of carbonyl (C=O) groups excluding carboxylic acids is 2. The van der Waals surface area contributed by atoms with Gasteiger partial charge in [0.05, 0.1) is 40.5 Å². The Labute approximate surface area is 164 Å². The van der Waals surface area contributed by atoms with Crippen LogP contribution in [-0.2, 0) is 4.74 Å². The summed E-state index contributed by atoms with van der Waals surface area (Å²) >= 11 is 1.27. The third-order valence-corrected chi connectivity index (χ3v) is 6.00. The lowest BCUT2D eigenvalue weighted by Gasteiger charge is -2.29. The number of rotatable bonds is 4. The predicted molar refractivity (Wildman–Crippen MR) is 107 cm³/mol. The molecule has 0 spiro atoms. The maximum atomic E-state index is 12.9. The summed E-state index contributed by atoms with van der Waals surface area (Å²) in [5.74, 6) is 0.758. The molecule has 5 rings (SSSR count). The third-order valence-electron chi connectivity index (χ3n) is 4.98. The van der Waals surface area contributed by atoms with Crippen LogP contribution in [0.1, 0.15) is 21.7 Å². The Bertz CT molecular complexity index is 1100. The first-order valence-corrected chi connectivity index (χ1v) is 9.80. The molecule has 1 unspecified atom stereocenters. The molecule has 0 saturated carbocycles. The average molecular weight is 395 g/mol. The SMILES string of the molecule is Cc1cc(OC2CCOC2)ccc1N1C(=O)Nc2c(C=O)sc3nccc1c23. The van der Waals surface area contributed by atoms with Gasteiger partial charge >= 0.3 is 6.03 Å². The fourth-order valence-electron chi connectivity index (χ4n) is 3.68. The maximum Gasteiger partial charge on any atom is 0.331 e. The van der Waals surface area contributed by atoms with E-state index in [0.717, 1.165) is 46.5 Å². The van der Waals surface area contributed by atoms with E-state index in [-0.39, 0.29) is 12.1 Å². The number of carbonyl (C=O) groups is 2. The lowest BCUT2D eigenvalue weighted by atomic mass is 10.1. The smallest absolute Gasteiger partial charge is 0.331 e. The van der Waals surface area contributed by atoms with Crippen molar-refractivity contribution in [3.8, 4) is 5.75 Å². The molecule has 7 nitrogen and oxygen atoms in total. The number of pyridine rings is 1. The van der Waals surface area contributed by atoms with E-state index in [1.807, 2.05) is 25.1 Å². The number of hydrogen-bond donors (Lipinski definition) is 1. The molecule has 2 aliphatic rings. The summed E-state index contributed by atoms with van der Waals surface area (Å²) < 4.78 is 11.3. The number of nitrogens with one attached hydrogen (secondary N) is 1. The topological polar surface area (TPSA) is 80.8 Å². The minimum Gasteiger partial charge on any atom is -0.488 e. The molecule has 2 amide bonds.